The van der Waals surface area contributed by atoms with Crippen LogP contribution in [0.25, 0.3) is 0 Å². The zero-order valence-corrected chi connectivity index (χ0v) is 40.1. The van der Waals surface area contributed by atoms with E-state index >= 15 is 0 Å². The first-order chi connectivity index (χ1) is 30.6. The van der Waals surface area contributed by atoms with E-state index in [0.29, 0.717) is 12.8 Å². The van der Waals surface area contributed by atoms with Crippen LogP contribution < -0.4 is 0 Å². The maximum atomic E-state index is 12.3. The van der Waals surface area contributed by atoms with Crippen LogP contribution in [0, 0.1) is 0 Å². The maximum Gasteiger partial charge on any atom is 0.306 e. The summed E-state index contributed by atoms with van der Waals surface area (Å²) in [5.74, 6) is -0.618. The summed E-state index contributed by atoms with van der Waals surface area (Å²) >= 11 is 0. The van der Waals surface area contributed by atoms with Gasteiger partial charge in [-0.1, -0.05) is 213 Å². The minimum Gasteiger partial charge on any atom is -0.462 e. The minimum atomic E-state index is -0.789. The third kappa shape index (κ3) is 49.2. The summed E-state index contributed by atoms with van der Waals surface area (Å²) in [6, 6.07) is 0. The van der Waals surface area contributed by atoms with Crippen molar-refractivity contribution < 1.29 is 24.2 Å². The highest BCUT2D eigenvalue weighted by Gasteiger charge is 2.16. The molecule has 0 aliphatic heterocycles. The van der Waals surface area contributed by atoms with Crippen molar-refractivity contribution in [3.63, 3.8) is 0 Å². The number of carbonyl (C=O) groups excluding carboxylic acids is 2. The fourth-order valence-electron chi connectivity index (χ4n) is 6.74. The van der Waals surface area contributed by atoms with Crippen molar-refractivity contribution in [3.8, 4) is 0 Å². The molecule has 0 aromatic heterocycles. The van der Waals surface area contributed by atoms with Crippen LogP contribution in [0.3, 0.4) is 0 Å². The summed E-state index contributed by atoms with van der Waals surface area (Å²) in [5, 5.41) is 9.62. The van der Waals surface area contributed by atoms with Crippen LogP contribution in [0.5, 0.6) is 0 Å². The molecule has 5 heteroatoms. The summed E-state index contributed by atoms with van der Waals surface area (Å²) in [6.45, 7) is 4.00. The van der Waals surface area contributed by atoms with Crippen LogP contribution in [-0.2, 0) is 19.1 Å². The molecule has 0 aromatic carbocycles. The molecule has 0 bridgehead atoms. The summed E-state index contributed by atoms with van der Waals surface area (Å²) in [5.41, 5.74) is 0. The molecular formula is C57H94O5. The van der Waals surface area contributed by atoms with E-state index in [1.807, 2.05) is 0 Å². The number of aliphatic hydroxyl groups excluding tert-OH is 1. The van der Waals surface area contributed by atoms with Gasteiger partial charge in [-0.15, -0.1) is 0 Å². The standard InChI is InChI=1S/C57H94O5/c1-3-5-7-9-11-13-15-17-19-21-22-23-24-25-26-27-28-29-30-31-32-33-34-36-38-40-42-44-46-48-50-52-57(60)62-55(53-58)54-61-56(59)51-49-47-45-43-41-39-37-35-20-18-16-14-12-10-8-6-4-2/h5,7,11,13,17-20,22-23,25-26,28-29,31-32,34,36,55,58H,3-4,6,8-10,12,14-16,21,24,27,30,33,35,37-54H2,1-2H3/b7-5-,13-11-,19-17-,20-18-,23-22-,26-25-,29-28-,32-31-,36-34-. The van der Waals surface area contributed by atoms with Crippen LogP contribution >= 0.6 is 0 Å². The van der Waals surface area contributed by atoms with Gasteiger partial charge in [-0.05, 0) is 103 Å². The number of hydrogen-bond acceptors (Lipinski definition) is 5. The predicted molar refractivity (Wildman–Crippen MR) is 269 cm³/mol. The van der Waals surface area contributed by atoms with E-state index in [0.717, 1.165) is 96.3 Å². The smallest absolute Gasteiger partial charge is 0.306 e. The van der Waals surface area contributed by atoms with E-state index in [1.54, 1.807) is 0 Å². The molecular weight excluding hydrogens is 765 g/mol. The van der Waals surface area contributed by atoms with Gasteiger partial charge in [-0.2, -0.15) is 0 Å². The average Bonchev–Trinajstić information content (AvgIpc) is 3.28. The Kier molecular flexibility index (Phi) is 49.0. The third-order valence-corrected chi connectivity index (χ3v) is 10.6. The fraction of sp³-hybridized carbons (Fsp3) is 0.649. The second-order valence-corrected chi connectivity index (χ2v) is 16.5. The monoisotopic (exact) mass is 859 g/mol. The Morgan fingerprint density at radius 1 is 0.387 bits per heavy atom. The van der Waals surface area contributed by atoms with Gasteiger partial charge in [-0.25, -0.2) is 0 Å². The van der Waals surface area contributed by atoms with Crippen LogP contribution in [-0.4, -0.2) is 36.4 Å². The van der Waals surface area contributed by atoms with Crippen molar-refractivity contribution >= 4 is 11.9 Å². The Hall–Kier alpha value is -3.44. The zero-order valence-electron chi connectivity index (χ0n) is 40.1. The lowest BCUT2D eigenvalue weighted by atomic mass is 10.1. The Morgan fingerprint density at radius 3 is 1.06 bits per heavy atom. The molecule has 0 rings (SSSR count). The van der Waals surface area contributed by atoms with Gasteiger partial charge in [0.25, 0.3) is 0 Å². The van der Waals surface area contributed by atoms with Crippen molar-refractivity contribution in [1.82, 2.24) is 0 Å². The van der Waals surface area contributed by atoms with Crippen molar-refractivity contribution in [2.45, 2.75) is 225 Å². The van der Waals surface area contributed by atoms with Crippen LogP contribution in [0.15, 0.2) is 109 Å². The number of esters is 2. The number of aliphatic hydroxyl groups is 1. The largest absolute Gasteiger partial charge is 0.462 e. The lowest BCUT2D eigenvalue weighted by molar-refractivity contribution is -0.161. The molecule has 1 unspecified atom stereocenters. The van der Waals surface area contributed by atoms with E-state index in [9.17, 15) is 14.7 Å². The molecule has 0 heterocycles. The molecule has 0 aliphatic carbocycles. The van der Waals surface area contributed by atoms with E-state index in [4.69, 9.17) is 9.47 Å². The van der Waals surface area contributed by atoms with Gasteiger partial charge in [0.15, 0.2) is 6.10 Å². The topological polar surface area (TPSA) is 72.8 Å². The molecule has 0 spiro atoms. The Morgan fingerprint density at radius 2 is 0.694 bits per heavy atom. The quantitative estimate of drug-likeness (QED) is 0.0375. The van der Waals surface area contributed by atoms with Gasteiger partial charge in [0.1, 0.15) is 6.61 Å². The normalized spacial score (nSPS) is 13.1. The van der Waals surface area contributed by atoms with Crippen molar-refractivity contribution in [3.05, 3.63) is 109 Å². The molecule has 1 N–H and O–H groups in total. The van der Waals surface area contributed by atoms with Crippen molar-refractivity contribution in [2.24, 2.45) is 0 Å². The molecule has 0 aromatic rings. The summed E-state index contributed by atoms with van der Waals surface area (Å²) in [4.78, 5) is 24.4. The highest BCUT2D eigenvalue weighted by Crippen LogP contribution is 2.13. The van der Waals surface area contributed by atoms with Gasteiger partial charge >= 0.3 is 11.9 Å². The minimum absolute atomic E-state index is 0.0798. The van der Waals surface area contributed by atoms with Gasteiger partial charge in [-0.3, -0.25) is 9.59 Å². The molecule has 0 fully saturated rings. The van der Waals surface area contributed by atoms with E-state index in [2.05, 4.69) is 123 Å². The first-order valence-electron chi connectivity index (χ1n) is 25.4. The Bertz CT molecular complexity index is 1250. The molecule has 352 valence electrons. The number of hydrogen-bond donors (Lipinski definition) is 1. The SMILES string of the molecule is CC/C=C\C/C=C\C/C=C\C/C=C\C/C=C\C/C=C\C/C=C\C/C=C\CCCCCCCCC(=O)OC(CO)COC(=O)CCCCCCCCC/C=C\CCCCCCCC. The maximum absolute atomic E-state index is 12.3. The number of rotatable bonds is 45. The lowest BCUT2D eigenvalue weighted by Gasteiger charge is -2.15. The van der Waals surface area contributed by atoms with E-state index < -0.39 is 6.10 Å². The van der Waals surface area contributed by atoms with Crippen LogP contribution in [0.4, 0.5) is 0 Å². The molecule has 0 saturated carbocycles. The predicted octanol–water partition coefficient (Wildman–Crippen LogP) is 17.0. The van der Waals surface area contributed by atoms with Gasteiger partial charge in [0, 0.05) is 12.8 Å². The molecule has 0 aliphatic rings. The summed E-state index contributed by atoms with van der Waals surface area (Å²) in [6.07, 6.45) is 74.6. The zero-order chi connectivity index (χ0) is 44.9. The van der Waals surface area contributed by atoms with Crippen molar-refractivity contribution in [2.75, 3.05) is 13.2 Å². The van der Waals surface area contributed by atoms with Crippen molar-refractivity contribution in [1.29, 1.82) is 0 Å². The number of unbranched alkanes of at least 4 members (excludes halogenated alkanes) is 19. The van der Waals surface area contributed by atoms with Crippen LogP contribution in [0.2, 0.25) is 0 Å². The highest BCUT2D eigenvalue weighted by atomic mass is 16.6. The van der Waals surface area contributed by atoms with Gasteiger partial charge in [0.2, 0.25) is 0 Å². The molecule has 0 saturated heterocycles. The van der Waals surface area contributed by atoms with E-state index in [-0.39, 0.29) is 25.2 Å². The number of ether oxygens (including phenoxy) is 2. The second-order valence-electron chi connectivity index (χ2n) is 16.5. The van der Waals surface area contributed by atoms with Crippen LogP contribution in [0.1, 0.15) is 219 Å². The summed E-state index contributed by atoms with van der Waals surface area (Å²) in [7, 11) is 0. The highest BCUT2D eigenvalue weighted by molar-refractivity contribution is 5.70. The van der Waals surface area contributed by atoms with E-state index in [1.165, 1.54) is 96.3 Å². The average molecular weight is 859 g/mol. The lowest BCUT2D eigenvalue weighted by Crippen LogP contribution is -2.28. The number of carbonyl (C=O) groups is 2. The Balaban J connectivity index is 3.62. The molecule has 0 radical (unpaired) electrons. The first-order valence-corrected chi connectivity index (χ1v) is 25.4. The molecule has 5 nitrogen and oxygen atoms in total. The second kappa shape index (κ2) is 51.9. The number of allylic oxidation sites excluding steroid dienone is 18. The Labute approximate surface area is 382 Å². The van der Waals surface area contributed by atoms with Gasteiger partial charge < -0.3 is 14.6 Å². The molecule has 62 heavy (non-hydrogen) atoms. The summed E-state index contributed by atoms with van der Waals surface area (Å²) < 4.78 is 10.7. The van der Waals surface area contributed by atoms with Gasteiger partial charge in [0.05, 0.1) is 6.61 Å². The third-order valence-electron chi connectivity index (χ3n) is 10.6. The molecule has 1 atom stereocenters. The molecule has 0 amide bonds. The fourth-order valence-corrected chi connectivity index (χ4v) is 6.74. The first kappa shape index (κ1) is 58.6.